The number of rotatable bonds is 4. The molecule has 1 saturated heterocycles. The van der Waals surface area contributed by atoms with Crippen molar-refractivity contribution in [3.05, 3.63) is 36.3 Å². The number of allylic oxidation sites excluding steroid dienone is 2. The molecule has 4 aliphatic carbocycles. The Morgan fingerprint density at radius 1 is 1.24 bits per heavy atom. The molecule has 5 aliphatic rings. The number of nitrogens with zero attached hydrogens (tertiary/aromatic N) is 1. The van der Waals surface area contributed by atoms with Crippen LogP contribution in [0.15, 0.2) is 35.0 Å². The quantitative estimate of drug-likeness (QED) is 0.663. The van der Waals surface area contributed by atoms with E-state index in [4.69, 9.17) is 4.42 Å². The van der Waals surface area contributed by atoms with E-state index in [1.165, 1.54) is 11.2 Å². The third-order valence-corrected chi connectivity index (χ3v) is 6.48. The lowest BCUT2D eigenvalue weighted by molar-refractivity contribution is -0.147. The molecular weight excluding hydrogens is 320 g/mol. The predicted octanol–water partition coefficient (Wildman–Crippen LogP) is 1.34. The standard InChI is InChI=1S/C19H20N2O4/c1-9(17(22)20-8-10-3-2-6-25-10)21-18(23)15-11-4-5-12(14-7-13(11)14)16(15)19(21)24/h2-6,9,11-16H,7-8H2,1H3,(H,20,22)/t9-,11+,12+,13+,14+,15-,16-/m0/s1. The highest BCUT2D eigenvalue weighted by Gasteiger charge is 2.67. The van der Waals surface area contributed by atoms with Gasteiger partial charge in [0, 0.05) is 0 Å². The fraction of sp³-hybridized carbons (Fsp3) is 0.526. The molecule has 7 atom stereocenters. The summed E-state index contributed by atoms with van der Waals surface area (Å²) in [5.74, 6) is 0.948. The molecule has 6 heteroatoms. The number of amides is 3. The molecule has 2 saturated carbocycles. The van der Waals surface area contributed by atoms with E-state index in [0.717, 1.165) is 6.42 Å². The van der Waals surface area contributed by atoms with Gasteiger partial charge in [0.2, 0.25) is 17.7 Å². The zero-order valence-electron chi connectivity index (χ0n) is 13.9. The maximum Gasteiger partial charge on any atom is 0.243 e. The third-order valence-electron chi connectivity index (χ3n) is 6.48. The van der Waals surface area contributed by atoms with E-state index < -0.39 is 6.04 Å². The molecule has 0 radical (unpaired) electrons. The van der Waals surface area contributed by atoms with Crippen LogP contribution in [-0.4, -0.2) is 28.7 Å². The average molecular weight is 340 g/mol. The van der Waals surface area contributed by atoms with E-state index in [2.05, 4.69) is 17.5 Å². The molecule has 25 heavy (non-hydrogen) atoms. The maximum absolute atomic E-state index is 13.0. The molecule has 1 N–H and O–H groups in total. The van der Waals surface area contributed by atoms with Crippen molar-refractivity contribution in [3.8, 4) is 0 Å². The van der Waals surface area contributed by atoms with Crippen LogP contribution in [0.1, 0.15) is 19.1 Å². The van der Waals surface area contributed by atoms with Gasteiger partial charge in [-0.25, -0.2) is 0 Å². The molecule has 0 aromatic carbocycles. The van der Waals surface area contributed by atoms with Crippen molar-refractivity contribution in [1.29, 1.82) is 0 Å². The molecular formula is C19H20N2O4. The van der Waals surface area contributed by atoms with Gasteiger partial charge in [-0.1, -0.05) is 12.2 Å². The zero-order chi connectivity index (χ0) is 17.3. The second-order valence-electron chi connectivity index (χ2n) is 7.67. The molecule has 3 amide bonds. The fourth-order valence-electron chi connectivity index (χ4n) is 5.21. The molecule has 0 spiro atoms. The smallest absolute Gasteiger partial charge is 0.243 e. The van der Waals surface area contributed by atoms with Crippen molar-refractivity contribution in [2.45, 2.75) is 25.9 Å². The third kappa shape index (κ3) is 2.00. The Bertz CT molecular complexity index is 747. The first-order valence-electron chi connectivity index (χ1n) is 8.93. The fourth-order valence-corrected chi connectivity index (χ4v) is 5.21. The molecule has 0 unspecified atom stereocenters. The number of imide groups is 1. The second kappa shape index (κ2) is 5.07. The molecule has 2 bridgehead atoms. The summed E-state index contributed by atoms with van der Waals surface area (Å²) in [6.07, 6.45) is 6.94. The van der Waals surface area contributed by atoms with Gasteiger partial charge in [0.15, 0.2) is 0 Å². The van der Waals surface area contributed by atoms with Crippen molar-refractivity contribution in [3.63, 3.8) is 0 Å². The summed E-state index contributed by atoms with van der Waals surface area (Å²) in [6, 6.07) is 2.72. The lowest BCUT2D eigenvalue weighted by Gasteiger charge is -2.37. The van der Waals surface area contributed by atoms with Crippen molar-refractivity contribution >= 4 is 17.7 Å². The highest BCUT2D eigenvalue weighted by molar-refractivity contribution is 6.09. The normalized spacial score (nSPS) is 38.5. The minimum atomic E-state index is -0.795. The van der Waals surface area contributed by atoms with Crippen LogP contribution in [0, 0.1) is 35.5 Å². The average Bonchev–Trinajstić information content (AvgIpc) is 3.21. The molecule has 6 nitrogen and oxygen atoms in total. The first-order valence-corrected chi connectivity index (χ1v) is 8.93. The highest BCUT2D eigenvalue weighted by Crippen LogP contribution is 2.65. The number of likely N-dealkylation sites (tertiary alicyclic amines) is 1. The molecule has 6 rings (SSSR count). The summed E-state index contributed by atoms with van der Waals surface area (Å²) in [5.41, 5.74) is 0. The summed E-state index contributed by atoms with van der Waals surface area (Å²) >= 11 is 0. The van der Waals surface area contributed by atoms with Gasteiger partial charge in [0.1, 0.15) is 11.8 Å². The van der Waals surface area contributed by atoms with Crippen LogP contribution in [0.25, 0.3) is 0 Å². The highest BCUT2D eigenvalue weighted by atomic mass is 16.3. The number of hydrogen-bond acceptors (Lipinski definition) is 4. The van der Waals surface area contributed by atoms with Crippen LogP contribution >= 0.6 is 0 Å². The van der Waals surface area contributed by atoms with Crippen LogP contribution in [0.3, 0.4) is 0 Å². The van der Waals surface area contributed by atoms with Crippen molar-refractivity contribution < 1.29 is 18.8 Å². The van der Waals surface area contributed by atoms with Crippen LogP contribution in [0.2, 0.25) is 0 Å². The molecule has 1 aromatic rings. The van der Waals surface area contributed by atoms with Gasteiger partial charge in [-0.2, -0.15) is 0 Å². The molecule has 3 fully saturated rings. The van der Waals surface area contributed by atoms with E-state index in [9.17, 15) is 14.4 Å². The summed E-state index contributed by atoms with van der Waals surface area (Å²) in [4.78, 5) is 39.6. The van der Waals surface area contributed by atoms with Gasteiger partial charge in [-0.05, 0) is 49.1 Å². The van der Waals surface area contributed by atoms with Gasteiger partial charge >= 0.3 is 0 Å². The first kappa shape index (κ1) is 14.9. The number of hydrogen-bond donors (Lipinski definition) is 1. The Morgan fingerprint density at radius 3 is 2.44 bits per heavy atom. The monoisotopic (exact) mass is 340 g/mol. The summed E-state index contributed by atoms with van der Waals surface area (Å²) in [7, 11) is 0. The largest absolute Gasteiger partial charge is 0.467 e. The molecule has 2 heterocycles. The summed E-state index contributed by atoms with van der Waals surface area (Å²) in [5, 5.41) is 2.75. The van der Waals surface area contributed by atoms with Crippen LogP contribution in [0.5, 0.6) is 0 Å². The number of furan rings is 1. The molecule has 1 aliphatic heterocycles. The number of carbonyl (C=O) groups is 3. The van der Waals surface area contributed by atoms with E-state index >= 15 is 0 Å². The van der Waals surface area contributed by atoms with Crippen molar-refractivity contribution in [2.24, 2.45) is 35.5 Å². The Hall–Kier alpha value is -2.37. The van der Waals surface area contributed by atoms with Crippen LogP contribution < -0.4 is 5.32 Å². The van der Waals surface area contributed by atoms with E-state index in [0.29, 0.717) is 17.6 Å². The van der Waals surface area contributed by atoms with Gasteiger partial charge < -0.3 is 9.73 Å². The van der Waals surface area contributed by atoms with Crippen molar-refractivity contribution in [1.82, 2.24) is 10.2 Å². The van der Waals surface area contributed by atoms with Gasteiger partial charge in [-0.15, -0.1) is 0 Å². The van der Waals surface area contributed by atoms with Gasteiger partial charge in [0.25, 0.3) is 0 Å². The van der Waals surface area contributed by atoms with Crippen LogP contribution in [-0.2, 0) is 20.9 Å². The minimum Gasteiger partial charge on any atom is -0.467 e. The van der Waals surface area contributed by atoms with E-state index in [-0.39, 0.29) is 47.9 Å². The van der Waals surface area contributed by atoms with E-state index in [1.54, 1.807) is 19.1 Å². The second-order valence-corrected chi connectivity index (χ2v) is 7.67. The maximum atomic E-state index is 13.0. The Balaban J connectivity index is 1.33. The minimum absolute atomic E-state index is 0.166. The van der Waals surface area contributed by atoms with Gasteiger partial charge in [0.05, 0.1) is 24.6 Å². The van der Waals surface area contributed by atoms with E-state index in [1.807, 2.05) is 0 Å². The first-order chi connectivity index (χ1) is 12.1. The Morgan fingerprint density at radius 2 is 1.88 bits per heavy atom. The SMILES string of the molecule is C[C@@H](C(=O)NCc1ccco1)N1C(=O)[C@H]2[C@@H]3C=C[C@H]([C@H]4C[C@H]34)[C@@H]2C1=O. The summed E-state index contributed by atoms with van der Waals surface area (Å²) < 4.78 is 5.19. The zero-order valence-corrected chi connectivity index (χ0v) is 13.9. The lowest BCUT2D eigenvalue weighted by atomic mass is 9.63. The molecule has 130 valence electrons. The summed E-state index contributed by atoms with van der Waals surface area (Å²) in [6.45, 7) is 1.87. The van der Waals surface area contributed by atoms with Gasteiger partial charge in [-0.3, -0.25) is 19.3 Å². The van der Waals surface area contributed by atoms with Crippen molar-refractivity contribution in [2.75, 3.05) is 0 Å². The Labute approximate surface area is 145 Å². The molecule has 1 aromatic heterocycles. The van der Waals surface area contributed by atoms with Crippen LogP contribution in [0.4, 0.5) is 0 Å². The lowest BCUT2D eigenvalue weighted by Crippen LogP contribution is -2.48. The number of carbonyl (C=O) groups excluding carboxylic acids is 3. The number of nitrogens with one attached hydrogen (secondary N) is 1. The topological polar surface area (TPSA) is 79.6 Å². The predicted molar refractivity (Wildman–Crippen MR) is 86.6 cm³/mol. The Kier molecular flexibility index (Phi) is 3.03.